The Morgan fingerprint density at radius 2 is 1.78 bits per heavy atom. The summed E-state index contributed by atoms with van der Waals surface area (Å²) in [5, 5.41) is 11.4. The lowest BCUT2D eigenvalue weighted by atomic mass is 9.81. The van der Waals surface area contributed by atoms with Crippen LogP contribution in [0.25, 0.3) is 0 Å². The van der Waals surface area contributed by atoms with Gasteiger partial charge in [0, 0.05) is 17.1 Å². The van der Waals surface area contributed by atoms with Crippen molar-refractivity contribution in [3.8, 4) is 11.5 Å². The van der Waals surface area contributed by atoms with E-state index in [1.807, 2.05) is 0 Å². The first kappa shape index (κ1) is 26.8. The second-order valence-electron chi connectivity index (χ2n) is 10.00. The van der Waals surface area contributed by atoms with Crippen molar-refractivity contribution in [3.05, 3.63) is 58.3 Å². The lowest BCUT2D eigenvalue weighted by molar-refractivity contribution is -0.00247. The van der Waals surface area contributed by atoms with Gasteiger partial charge in [0.2, 0.25) is 0 Å². The molecule has 0 bridgehead atoms. The van der Waals surface area contributed by atoms with Crippen LogP contribution in [0.3, 0.4) is 0 Å². The Kier molecular flexibility index (Phi) is 8.86. The Balaban J connectivity index is 1.16. The summed E-state index contributed by atoms with van der Waals surface area (Å²) in [5.41, 5.74) is -0.921. The Morgan fingerprint density at radius 1 is 1.08 bits per heavy atom. The maximum Gasteiger partial charge on any atom is 0.410 e. The lowest BCUT2D eigenvalue weighted by Crippen LogP contribution is -2.40. The van der Waals surface area contributed by atoms with E-state index in [2.05, 4.69) is 0 Å². The fraction of sp³-hybridized carbons (Fsp3) is 0.519. The molecule has 2 unspecified atom stereocenters. The van der Waals surface area contributed by atoms with E-state index in [9.17, 15) is 14.3 Å². The van der Waals surface area contributed by atoms with Crippen LogP contribution in [0.2, 0.25) is 10.0 Å². The number of aliphatic hydroxyl groups is 1. The van der Waals surface area contributed by atoms with E-state index in [0.717, 1.165) is 32.1 Å². The van der Waals surface area contributed by atoms with E-state index >= 15 is 0 Å². The average molecular weight is 540 g/mol. The van der Waals surface area contributed by atoms with Gasteiger partial charge in [0.05, 0.1) is 17.2 Å². The highest BCUT2D eigenvalue weighted by Crippen LogP contribution is 2.34. The molecule has 196 valence electrons. The first-order valence-corrected chi connectivity index (χ1v) is 13.1. The predicted octanol–water partition coefficient (Wildman–Crippen LogP) is 6.50. The lowest BCUT2D eigenvalue weighted by Gasteiger charge is -2.34. The third-order valence-corrected chi connectivity index (χ3v) is 7.50. The zero-order valence-corrected chi connectivity index (χ0v) is 21.8. The van der Waals surface area contributed by atoms with Crippen LogP contribution in [0, 0.1) is 11.7 Å². The number of carbonyl (C=O) groups excluding carboxylic acids is 1. The topological polar surface area (TPSA) is 68.2 Å². The van der Waals surface area contributed by atoms with Crippen LogP contribution in [0.5, 0.6) is 11.5 Å². The van der Waals surface area contributed by atoms with Gasteiger partial charge in [0.25, 0.3) is 0 Å². The van der Waals surface area contributed by atoms with Crippen molar-refractivity contribution in [1.29, 1.82) is 0 Å². The predicted molar refractivity (Wildman–Crippen MR) is 136 cm³/mol. The van der Waals surface area contributed by atoms with Crippen LogP contribution >= 0.6 is 23.2 Å². The summed E-state index contributed by atoms with van der Waals surface area (Å²) >= 11 is 11.6. The molecule has 4 rings (SSSR count). The zero-order chi connectivity index (χ0) is 25.7. The highest BCUT2D eigenvalue weighted by molar-refractivity contribution is 6.30. The largest absolute Gasteiger partial charge is 0.491 e. The Hall–Kier alpha value is -2.22. The normalized spacial score (nSPS) is 23.8. The quantitative estimate of drug-likeness (QED) is 0.373. The molecule has 2 aromatic carbocycles. The maximum absolute atomic E-state index is 13.6. The van der Waals surface area contributed by atoms with Gasteiger partial charge in [-0.3, -0.25) is 0 Å². The molecule has 1 amide bonds. The third kappa shape index (κ3) is 7.40. The molecule has 6 nitrogen and oxygen atoms in total. The second kappa shape index (κ2) is 11.9. The Labute approximate surface area is 221 Å². The van der Waals surface area contributed by atoms with E-state index in [4.69, 9.17) is 37.4 Å². The molecule has 2 aliphatic rings. The standard InChI is InChI=1S/C27H32Cl2FNO5/c1-27(33,17-35-21-8-4-19(28)5-9-21)13-12-18-2-6-20(7-3-18)31-15-23(36-26(31)32)16-34-22-10-11-24(29)25(30)14-22/h4-5,8-11,14,18,20,23,33H,2-3,6-7,12-13,15-17H2,1H3. The highest BCUT2D eigenvalue weighted by atomic mass is 35.5. The number of cyclic esters (lactones) is 1. The van der Waals surface area contributed by atoms with Crippen molar-refractivity contribution < 1.29 is 28.5 Å². The van der Waals surface area contributed by atoms with Crippen molar-refractivity contribution in [2.45, 2.75) is 63.2 Å². The first-order chi connectivity index (χ1) is 17.2. The molecule has 0 aromatic heterocycles. The molecule has 1 aliphatic heterocycles. The fourth-order valence-electron chi connectivity index (χ4n) is 4.78. The monoisotopic (exact) mass is 539 g/mol. The molecule has 0 spiro atoms. The van der Waals surface area contributed by atoms with Crippen molar-refractivity contribution in [2.75, 3.05) is 19.8 Å². The number of halogens is 3. The van der Waals surface area contributed by atoms with Gasteiger partial charge in [0.15, 0.2) is 6.10 Å². The molecule has 1 heterocycles. The van der Waals surface area contributed by atoms with Crippen LogP contribution in [0.15, 0.2) is 42.5 Å². The fourth-order valence-corrected chi connectivity index (χ4v) is 5.03. The summed E-state index contributed by atoms with van der Waals surface area (Å²) in [6.45, 7) is 2.64. The minimum Gasteiger partial charge on any atom is -0.491 e. The van der Waals surface area contributed by atoms with Gasteiger partial charge < -0.3 is 24.2 Å². The van der Waals surface area contributed by atoms with Crippen LogP contribution in [-0.2, 0) is 4.74 Å². The van der Waals surface area contributed by atoms with Crippen LogP contribution in [0.1, 0.15) is 45.4 Å². The molecule has 2 aromatic rings. The molecule has 2 fully saturated rings. The van der Waals surface area contributed by atoms with E-state index in [1.54, 1.807) is 42.2 Å². The van der Waals surface area contributed by atoms with E-state index in [1.165, 1.54) is 12.1 Å². The highest BCUT2D eigenvalue weighted by Gasteiger charge is 2.38. The molecule has 0 radical (unpaired) electrons. The van der Waals surface area contributed by atoms with Gasteiger partial charge in [-0.15, -0.1) is 0 Å². The number of ether oxygens (including phenoxy) is 3. The number of nitrogens with zero attached hydrogens (tertiary/aromatic N) is 1. The van der Waals surface area contributed by atoms with Crippen LogP contribution in [-0.4, -0.2) is 53.6 Å². The van der Waals surface area contributed by atoms with Crippen LogP contribution < -0.4 is 9.47 Å². The smallest absolute Gasteiger partial charge is 0.410 e. The van der Waals surface area contributed by atoms with Gasteiger partial charge in [-0.25, -0.2) is 9.18 Å². The molecule has 1 aliphatic carbocycles. The molecule has 1 saturated heterocycles. The molecule has 2 atom stereocenters. The second-order valence-corrected chi connectivity index (χ2v) is 10.8. The molecule has 36 heavy (non-hydrogen) atoms. The summed E-state index contributed by atoms with van der Waals surface area (Å²) < 4.78 is 30.4. The summed E-state index contributed by atoms with van der Waals surface area (Å²) in [5.74, 6) is 0.982. The van der Waals surface area contributed by atoms with Gasteiger partial charge in [0.1, 0.15) is 30.5 Å². The minimum absolute atomic E-state index is 0.0336. The number of rotatable bonds is 10. The zero-order valence-electron chi connectivity index (χ0n) is 20.3. The molecular formula is C27H32Cl2FNO5. The number of benzene rings is 2. The van der Waals surface area contributed by atoms with Crippen molar-refractivity contribution in [1.82, 2.24) is 4.90 Å². The minimum atomic E-state index is -0.921. The number of hydrogen-bond acceptors (Lipinski definition) is 5. The summed E-state index contributed by atoms with van der Waals surface area (Å²) in [4.78, 5) is 14.3. The third-order valence-electron chi connectivity index (χ3n) is 6.94. The summed E-state index contributed by atoms with van der Waals surface area (Å²) in [7, 11) is 0. The molecule has 9 heteroatoms. The maximum atomic E-state index is 13.6. The van der Waals surface area contributed by atoms with Gasteiger partial charge >= 0.3 is 6.09 Å². The number of carbonyl (C=O) groups is 1. The van der Waals surface area contributed by atoms with E-state index < -0.39 is 17.5 Å². The SMILES string of the molecule is CC(O)(CCC1CCC(N2CC(COc3ccc(Cl)c(F)c3)OC2=O)CC1)COc1ccc(Cl)cc1. The Bertz CT molecular complexity index is 1030. The summed E-state index contributed by atoms with van der Waals surface area (Å²) in [6, 6.07) is 11.5. The molecular weight excluding hydrogens is 508 g/mol. The van der Waals surface area contributed by atoms with E-state index in [-0.39, 0.29) is 30.4 Å². The Morgan fingerprint density at radius 3 is 2.47 bits per heavy atom. The van der Waals surface area contributed by atoms with Crippen molar-refractivity contribution >= 4 is 29.3 Å². The van der Waals surface area contributed by atoms with E-state index in [0.29, 0.717) is 35.4 Å². The van der Waals surface area contributed by atoms with Crippen molar-refractivity contribution in [3.63, 3.8) is 0 Å². The van der Waals surface area contributed by atoms with Gasteiger partial charge in [-0.1, -0.05) is 23.2 Å². The molecule has 1 saturated carbocycles. The van der Waals surface area contributed by atoms with Gasteiger partial charge in [-0.2, -0.15) is 0 Å². The average Bonchev–Trinajstić information content (AvgIpc) is 3.24. The van der Waals surface area contributed by atoms with Crippen molar-refractivity contribution in [2.24, 2.45) is 5.92 Å². The summed E-state index contributed by atoms with van der Waals surface area (Å²) in [6.07, 6.45) is 4.62. The number of hydrogen-bond donors (Lipinski definition) is 1. The van der Waals surface area contributed by atoms with Crippen LogP contribution in [0.4, 0.5) is 9.18 Å². The molecule has 1 N–H and O–H groups in total. The van der Waals surface area contributed by atoms with Gasteiger partial charge in [-0.05, 0) is 87.8 Å². The first-order valence-electron chi connectivity index (χ1n) is 12.3. The number of amides is 1.